The number of hydrogen-bond donors (Lipinski definition) is 1. The van der Waals surface area contributed by atoms with Crippen molar-refractivity contribution >= 4 is 46.8 Å². The van der Waals surface area contributed by atoms with E-state index < -0.39 is 24.0 Å². The first-order chi connectivity index (χ1) is 11.8. The number of nitrogens with zero attached hydrogens (tertiary/aromatic N) is 1. The molecule has 0 unspecified atom stereocenters. The fraction of sp³-hybridized carbons (Fsp3) is 0.471. The monoisotopic (exact) mass is 382 g/mol. The molecule has 1 aromatic carbocycles. The van der Waals surface area contributed by atoms with E-state index >= 15 is 0 Å². The third kappa shape index (κ3) is 3.62. The van der Waals surface area contributed by atoms with Crippen molar-refractivity contribution in [1.29, 1.82) is 0 Å². The molecule has 1 N–H and O–H groups in total. The normalized spacial score (nSPS) is 26.3. The molecule has 25 heavy (non-hydrogen) atoms. The van der Waals surface area contributed by atoms with E-state index in [-0.39, 0.29) is 10.8 Å². The predicted molar refractivity (Wildman–Crippen MR) is 96.4 cm³/mol. The van der Waals surface area contributed by atoms with Crippen LogP contribution in [0.5, 0.6) is 0 Å². The topological polar surface area (TPSA) is 75.7 Å². The fourth-order valence-corrected chi connectivity index (χ4v) is 4.72. The van der Waals surface area contributed by atoms with Crippen LogP contribution in [0.4, 0.5) is 5.69 Å². The minimum absolute atomic E-state index is 0.0366. The zero-order valence-corrected chi connectivity index (χ0v) is 15.5. The molecular formula is C17H19ClN2O4S. The second-order valence-electron chi connectivity index (χ2n) is 6.34. The Morgan fingerprint density at radius 2 is 2.24 bits per heavy atom. The summed E-state index contributed by atoms with van der Waals surface area (Å²) in [6.45, 7) is 3.47. The Morgan fingerprint density at radius 1 is 1.48 bits per heavy atom. The van der Waals surface area contributed by atoms with Crippen molar-refractivity contribution in [3.05, 3.63) is 29.3 Å². The summed E-state index contributed by atoms with van der Waals surface area (Å²) in [4.78, 5) is 38.0. The molecule has 0 bridgehead atoms. The molecule has 0 aromatic heterocycles. The standard InChI is InChI=1S/C17H19ClN2O4S/c1-10(15(22)19-12-5-3-4-11(18)8-12)24-16(23)13-9-25-17(2)7-6-14(21)20(13)17/h3-5,8,10,13H,6-7,9H2,1-2H3,(H,19,22)/t10-,13-,17+/m1/s1. The van der Waals surface area contributed by atoms with Crippen LogP contribution in [0.25, 0.3) is 0 Å². The largest absolute Gasteiger partial charge is 0.451 e. The number of amides is 2. The molecule has 2 fully saturated rings. The van der Waals surface area contributed by atoms with Crippen LogP contribution in [0.1, 0.15) is 26.7 Å². The van der Waals surface area contributed by atoms with Crippen LogP contribution in [0.2, 0.25) is 5.02 Å². The van der Waals surface area contributed by atoms with Gasteiger partial charge in [0.25, 0.3) is 5.91 Å². The van der Waals surface area contributed by atoms with Gasteiger partial charge < -0.3 is 15.0 Å². The number of rotatable bonds is 4. The van der Waals surface area contributed by atoms with Gasteiger partial charge in [-0.2, -0.15) is 0 Å². The number of thioether (sulfide) groups is 1. The van der Waals surface area contributed by atoms with Gasteiger partial charge >= 0.3 is 5.97 Å². The minimum Gasteiger partial charge on any atom is -0.451 e. The fourth-order valence-electron chi connectivity index (χ4n) is 3.11. The average molecular weight is 383 g/mol. The maximum atomic E-state index is 12.5. The molecule has 134 valence electrons. The second kappa shape index (κ2) is 6.88. The third-order valence-electron chi connectivity index (χ3n) is 4.47. The van der Waals surface area contributed by atoms with Gasteiger partial charge in [-0.1, -0.05) is 17.7 Å². The number of hydrogen-bond acceptors (Lipinski definition) is 5. The molecule has 6 nitrogen and oxygen atoms in total. The summed E-state index contributed by atoms with van der Waals surface area (Å²) in [5.74, 6) is -0.536. The van der Waals surface area contributed by atoms with Crippen molar-refractivity contribution in [2.75, 3.05) is 11.1 Å². The second-order valence-corrected chi connectivity index (χ2v) is 8.28. The van der Waals surface area contributed by atoms with Gasteiger partial charge in [0.05, 0.1) is 4.87 Å². The van der Waals surface area contributed by atoms with Gasteiger partial charge in [-0.05, 0) is 38.5 Å². The molecule has 0 radical (unpaired) electrons. The molecular weight excluding hydrogens is 364 g/mol. The maximum absolute atomic E-state index is 12.5. The highest BCUT2D eigenvalue weighted by molar-refractivity contribution is 8.01. The Bertz CT molecular complexity index is 728. The summed E-state index contributed by atoms with van der Waals surface area (Å²) in [5.41, 5.74) is 0.527. The van der Waals surface area contributed by atoms with Crippen LogP contribution >= 0.6 is 23.4 Å². The van der Waals surface area contributed by atoms with E-state index in [1.807, 2.05) is 6.92 Å². The number of nitrogens with one attached hydrogen (secondary N) is 1. The summed E-state index contributed by atoms with van der Waals surface area (Å²) >= 11 is 7.46. The van der Waals surface area contributed by atoms with E-state index in [0.717, 1.165) is 6.42 Å². The van der Waals surface area contributed by atoms with E-state index in [9.17, 15) is 14.4 Å². The Balaban J connectivity index is 1.61. The molecule has 8 heteroatoms. The number of carbonyl (C=O) groups excluding carboxylic acids is 3. The quantitative estimate of drug-likeness (QED) is 0.810. The highest BCUT2D eigenvalue weighted by Gasteiger charge is 2.53. The van der Waals surface area contributed by atoms with E-state index in [1.54, 1.807) is 40.9 Å². The number of fused-ring (bicyclic) bond motifs is 1. The van der Waals surface area contributed by atoms with Gasteiger partial charge in [-0.15, -0.1) is 11.8 Å². The lowest BCUT2D eigenvalue weighted by Crippen LogP contribution is -2.48. The van der Waals surface area contributed by atoms with Gasteiger partial charge in [0.15, 0.2) is 6.10 Å². The van der Waals surface area contributed by atoms with Gasteiger partial charge in [0, 0.05) is 22.9 Å². The first kappa shape index (κ1) is 18.1. The highest BCUT2D eigenvalue weighted by atomic mass is 35.5. The minimum atomic E-state index is -0.971. The van der Waals surface area contributed by atoms with Crippen LogP contribution in [0.3, 0.4) is 0 Å². The van der Waals surface area contributed by atoms with E-state index in [0.29, 0.717) is 22.9 Å². The summed E-state index contributed by atoms with van der Waals surface area (Å²) in [7, 11) is 0. The predicted octanol–water partition coefficient (Wildman–Crippen LogP) is 2.66. The molecule has 2 aliphatic rings. The molecule has 0 spiro atoms. The zero-order chi connectivity index (χ0) is 18.2. The van der Waals surface area contributed by atoms with Gasteiger partial charge in [-0.3, -0.25) is 9.59 Å². The Kier molecular flexibility index (Phi) is 4.97. The van der Waals surface area contributed by atoms with Crippen molar-refractivity contribution in [3.8, 4) is 0 Å². The van der Waals surface area contributed by atoms with Crippen LogP contribution in [0.15, 0.2) is 24.3 Å². The Labute approximate surface area is 155 Å². The number of anilines is 1. The molecule has 2 heterocycles. The smallest absolute Gasteiger partial charge is 0.330 e. The van der Waals surface area contributed by atoms with E-state index in [4.69, 9.17) is 16.3 Å². The zero-order valence-electron chi connectivity index (χ0n) is 14.0. The van der Waals surface area contributed by atoms with E-state index in [1.165, 1.54) is 6.92 Å². The number of esters is 1. The molecule has 3 atom stereocenters. The molecule has 2 aliphatic heterocycles. The SMILES string of the molecule is C[C@@H](OC(=O)[C@H]1CS[C@@]2(C)CCC(=O)N12)C(=O)Nc1cccc(Cl)c1. The number of carbonyl (C=O) groups is 3. The number of benzene rings is 1. The van der Waals surface area contributed by atoms with Gasteiger partial charge in [0.1, 0.15) is 6.04 Å². The summed E-state index contributed by atoms with van der Waals surface area (Å²) in [6.07, 6.45) is 0.199. The summed E-state index contributed by atoms with van der Waals surface area (Å²) in [5, 5.41) is 3.15. The van der Waals surface area contributed by atoms with Crippen LogP contribution < -0.4 is 5.32 Å². The van der Waals surface area contributed by atoms with Crippen molar-refractivity contribution < 1.29 is 19.1 Å². The molecule has 2 saturated heterocycles. The van der Waals surface area contributed by atoms with Crippen molar-refractivity contribution in [2.24, 2.45) is 0 Å². The maximum Gasteiger partial charge on any atom is 0.330 e. The van der Waals surface area contributed by atoms with Crippen LogP contribution in [-0.2, 0) is 19.1 Å². The summed E-state index contributed by atoms with van der Waals surface area (Å²) in [6, 6.07) is 6.08. The Hall–Kier alpha value is -1.73. The Morgan fingerprint density at radius 3 is 2.96 bits per heavy atom. The summed E-state index contributed by atoms with van der Waals surface area (Å²) < 4.78 is 5.31. The third-order valence-corrected chi connectivity index (χ3v) is 6.21. The molecule has 1 aromatic rings. The lowest BCUT2D eigenvalue weighted by molar-refractivity contribution is -0.160. The number of halogens is 1. The van der Waals surface area contributed by atoms with E-state index in [2.05, 4.69) is 5.32 Å². The first-order valence-electron chi connectivity index (χ1n) is 8.03. The van der Waals surface area contributed by atoms with Crippen molar-refractivity contribution in [3.63, 3.8) is 0 Å². The molecule has 3 rings (SSSR count). The van der Waals surface area contributed by atoms with Crippen LogP contribution in [0, 0.1) is 0 Å². The molecule has 2 amide bonds. The molecule has 0 aliphatic carbocycles. The lowest BCUT2D eigenvalue weighted by Gasteiger charge is -2.29. The number of ether oxygens (including phenoxy) is 1. The van der Waals surface area contributed by atoms with Crippen LogP contribution in [-0.4, -0.2) is 45.5 Å². The van der Waals surface area contributed by atoms with Gasteiger partial charge in [-0.25, -0.2) is 4.79 Å². The molecule has 0 saturated carbocycles. The van der Waals surface area contributed by atoms with Crippen molar-refractivity contribution in [2.45, 2.75) is 43.7 Å². The van der Waals surface area contributed by atoms with Gasteiger partial charge in [0.2, 0.25) is 5.91 Å². The lowest BCUT2D eigenvalue weighted by atomic mass is 10.2. The highest BCUT2D eigenvalue weighted by Crippen LogP contribution is 2.47. The van der Waals surface area contributed by atoms with Crippen molar-refractivity contribution in [1.82, 2.24) is 4.90 Å². The average Bonchev–Trinajstić information content (AvgIpc) is 3.04. The first-order valence-corrected chi connectivity index (χ1v) is 9.39.